The van der Waals surface area contributed by atoms with Crippen LogP contribution in [0.25, 0.3) is 0 Å². The number of rotatable bonds is 4. The van der Waals surface area contributed by atoms with Gasteiger partial charge in [-0.1, -0.05) is 39.8 Å². The van der Waals surface area contributed by atoms with Crippen LogP contribution in [0.5, 0.6) is 0 Å². The van der Waals surface area contributed by atoms with Crippen molar-refractivity contribution in [3.05, 3.63) is 35.4 Å². The summed E-state index contributed by atoms with van der Waals surface area (Å²) >= 11 is 0. The summed E-state index contributed by atoms with van der Waals surface area (Å²) in [5, 5.41) is 0.216. The topological polar surface area (TPSA) is 46.6 Å². The van der Waals surface area contributed by atoms with Crippen LogP contribution in [0.1, 0.15) is 74.1 Å². The molecule has 1 aliphatic heterocycles. The quantitative estimate of drug-likeness (QED) is 0.523. The average Bonchev–Trinajstić information content (AvgIpc) is 2.81. The molecule has 0 saturated heterocycles. The molecule has 3 rings (SSSR count). The highest BCUT2D eigenvalue weighted by molar-refractivity contribution is 6.74. The Kier molecular flexibility index (Phi) is 5.15. The van der Waals surface area contributed by atoms with Gasteiger partial charge in [0, 0.05) is 12.6 Å². The molecule has 0 N–H and O–H groups in total. The smallest absolute Gasteiger partial charge is 0.261 e. The van der Waals surface area contributed by atoms with Gasteiger partial charge < -0.3 is 4.43 Å². The summed E-state index contributed by atoms with van der Waals surface area (Å²) in [5.74, 6) is -0.284. The molecule has 0 bridgehead atoms. The van der Waals surface area contributed by atoms with E-state index in [2.05, 4.69) is 40.8 Å². The first-order valence-corrected chi connectivity index (χ1v) is 13.0. The maximum absolute atomic E-state index is 12.7. The lowest BCUT2D eigenvalue weighted by atomic mass is 9.74. The summed E-state index contributed by atoms with van der Waals surface area (Å²) in [6.07, 6.45) is 4.29. The van der Waals surface area contributed by atoms with E-state index in [-0.39, 0.29) is 22.3 Å². The molecule has 1 fully saturated rings. The van der Waals surface area contributed by atoms with Crippen LogP contribution in [0.2, 0.25) is 18.1 Å². The van der Waals surface area contributed by atoms with Gasteiger partial charge in [0.1, 0.15) is 0 Å². The molecule has 2 amide bonds. The van der Waals surface area contributed by atoms with Gasteiger partial charge in [0.15, 0.2) is 8.32 Å². The van der Waals surface area contributed by atoms with E-state index < -0.39 is 8.32 Å². The summed E-state index contributed by atoms with van der Waals surface area (Å²) in [6, 6.07) is 7.14. The Morgan fingerprint density at radius 1 is 1.07 bits per heavy atom. The minimum absolute atomic E-state index is 0.0271. The number of carbonyl (C=O) groups excluding carboxylic acids is 2. The summed E-state index contributed by atoms with van der Waals surface area (Å²) in [6.45, 7) is 14.1. The first kappa shape index (κ1) is 20.3. The van der Waals surface area contributed by atoms with E-state index >= 15 is 0 Å². The van der Waals surface area contributed by atoms with Crippen LogP contribution in [-0.2, 0) is 4.43 Å². The van der Waals surface area contributed by atoms with Crippen molar-refractivity contribution in [1.82, 2.24) is 4.90 Å². The zero-order valence-electron chi connectivity index (χ0n) is 17.6. The lowest BCUT2D eigenvalue weighted by molar-refractivity contribution is 0.0411. The van der Waals surface area contributed by atoms with Gasteiger partial charge in [0.25, 0.3) is 11.8 Å². The first-order chi connectivity index (χ1) is 12.4. The van der Waals surface area contributed by atoms with Gasteiger partial charge >= 0.3 is 0 Å². The molecule has 1 heterocycles. The second-order valence-electron chi connectivity index (χ2n) is 10.1. The minimum Gasteiger partial charge on any atom is -0.414 e. The molecule has 0 unspecified atom stereocenters. The van der Waals surface area contributed by atoms with Gasteiger partial charge in [-0.2, -0.15) is 0 Å². The molecule has 1 aromatic rings. The highest BCUT2D eigenvalue weighted by atomic mass is 28.4. The van der Waals surface area contributed by atoms with Crippen molar-refractivity contribution in [3.8, 4) is 0 Å². The van der Waals surface area contributed by atoms with Crippen LogP contribution in [0.3, 0.4) is 0 Å². The molecule has 1 saturated carbocycles. The SMILES string of the molecule is CC1(CN2C(=O)c3ccccc3C2=O)CCC(O[Si](C)(C)C(C)(C)C)CC1. The molecule has 2 aliphatic rings. The number of amides is 2. The third-order valence-corrected chi connectivity index (χ3v) is 11.4. The van der Waals surface area contributed by atoms with Crippen molar-refractivity contribution in [3.63, 3.8) is 0 Å². The van der Waals surface area contributed by atoms with Gasteiger partial charge in [0.2, 0.25) is 0 Å². The molecule has 0 radical (unpaired) electrons. The van der Waals surface area contributed by atoms with E-state index in [1.807, 2.05) is 12.1 Å². The highest BCUT2D eigenvalue weighted by Crippen LogP contribution is 2.43. The van der Waals surface area contributed by atoms with Crippen LogP contribution in [0.15, 0.2) is 24.3 Å². The summed E-state index contributed by atoms with van der Waals surface area (Å²) in [7, 11) is -1.76. The standard InChI is InChI=1S/C22H33NO3Si/c1-21(2,3)27(5,6)26-16-11-13-22(4,14-12-16)15-23-19(24)17-9-7-8-10-18(17)20(23)25/h7-10,16H,11-15H2,1-6H3. The number of hydrogen-bond acceptors (Lipinski definition) is 3. The Balaban J connectivity index is 1.62. The van der Waals surface area contributed by atoms with Gasteiger partial charge in [-0.3, -0.25) is 14.5 Å². The number of imide groups is 1. The molecule has 0 aromatic heterocycles. The number of fused-ring (bicyclic) bond motifs is 1. The van der Waals surface area contributed by atoms with E-state index in [9.17, 15) is 9.59 Å². The summed E-state index contributed by atoms with van der Waals surface area (Å²) < 4.78 is 6.59. The van der Waals surface area contributed by atoms with Crippen molar-refractivity contribution in [2.75, 3.05) is 6.54 Å². The Hall–Kier alpha value is -1.46. The van der Waals surface area contributed by atoms with Crippen molar-refractivity contribution in [2.45, 2.75) is 77.6 Å². The van der Waals surface area contributed by atoms with Gasteiger partial charge in [-0.15, -0.1) is 0 Å². The second-order valence-corrected chi connectivity index (χ2v) is 14.9. The number of carbonyl (C=O) groups is 2. The number of nitrogens with zero attached hydrogens (tertiary/aromatic N) is 1. The predicted octanol–water partition coefficient (Wildman–Crippen LogP) is 5.25. The minimum atomic E-state index is -1.76. The fourth-order valence-electron chi connectivity index (χ4n) is 3.92. The van der Waals surface area contributed by atoms with Crippen LogP contribution in [-0.4, -0.2) is 37.7 Å². The Morgan fingerprint density at radius 3 is 2.00 bits per heavy atom. The van der Waals surface area contributed by atoms with Crippen LogP contribution >= 0.6 is 0 Å². The Labute approximate surface area is 164 Å². The molecule has 5 heteroatoms. The van der Waals surface area contributed by atoms with Crippen LogP contribution in [0, 0.1) is 5.41 Å². The molecule has 1 aliphatic carbocycles. The van der Waals surface area contributed by atoms with Crippen molar-refractivity contribution < 1.29 is 14.0 Å². The largest absolute Gasteiger partial charge is 0.414 e. The summed E-state index contributed by atoms with van der Waals surface area (Å²) in [4.78, 5) is 26.8. The maximum Gasteiger partial charge on any atom is 0.261 e. The van der Waals surface area contributed by atoms with Gasteiger partial charge in [-0.25, -0.2) is 0 Å². The van der Waals surface area contributed by atoms with Crippen molar-refractivity contribution in [1.29, 1.82) is 0 Å². The van der Waals surface area contributed by atoms with E-state index in [0.29, 0.717) is 23.8 Å². The maximum atomic E-state index is 12.7. The molecule has 4 nitrogen and oxygen atoms in total. The van der Waals surface area contributed by atoms with Gasteiger partial charge in [0.05, 0.1) is 11.1 Å². The van der Waals surface area contributed by atoms with Crippen LogP contribution in [0.4, 0.5) is 0 Å². The highest BCUT2D eigenvalue weighted by Gasteiger charge is 2.44. The Morgan fingerprint density at radius 2 is 1.56 bits per heavy atom. The van der Waals surface area contributed by atoms with Crippen molar-refractivity contribution in [2.24, 2.45) is 5.41 Å². The van der Waals surface area contributed by atoms with Gasteiger partial charge in [-0.05, 0) is 61.4 Å². The van der Waals surface area contributed by atoms with E-state index in [1.165, 1.54) is 4.90 Å². The van der Waals surface area contributed by atoms with E-state index in [1.54, 1.807) is 12.1 Å². The fourth-order valence-corrected chi connectivity index (χ4v) is 5.34. The fraction of sp³-hybridized carbons (Fsp3) is 0.636. The van der Waals surface area contributed by atoms with Crippen LogP contribution < -0.4 is 0 Å². The zero-order chi connectivity index (χ0) is 20.0. The predicted molar refractivity (Wildman–Crippen MR) is 110 cm³/mol. The molecule has 27 heavy (non-hydrogen) atoms. The average molecular weight is 388 g/mol. The third-order valence-electron chi connectivity index (χ3n) is 6.83. The van der Waals surface area contributed by atoms with Crippen molar-refractivity contribution >= 4 is 20.1 Å². The monoisotopic (exact) mass is 387 g/mol. The molecule has 0 atom stereocenters. The molecule has 148 valence electrons. The number of benzene rings is 1. The molecular formula is C22H33NO3Si. The zero-order valence-corrected chi connectivity index (χ0v) is 18.6. The summed E-state index contributed by atoms with van der Waals surface area (Å²) in [5.41, 5.74) is 1.06. The number of hydrogen-bond donors (Lipinski definition) is 0. The Bertz CT molecular complexity index is 707. The second kappa shape index (κ2) is 6.85. The normalized spacial score (nSPS) is 26.4. The lowest BCUT2D eigenvalue weighted by Crippen LogP contribution is -2.47. The molecular weight excluding hydrogens is 354 g/mol. The lowest BCUT2D eigenvalue weighted by Gasteiger charge is -2.44. The first-order valence-electron chi connectivity index (χ1n) is 10.1. The molecule has 0 spiro atoms. The third kappa shape index (κ3) is 3.90. The molecule has 1 aromatic carbocycles. The van der Waals surface area contributed by atoms with E-state index in [4.69, 9.17) is 4.43 Å². The van der Waals surface area contributed by atoms with E-state index in [0.717, 1.165) is 25.7 Å².